The van der Waals surface area contributed by atoms with Gasteiger partial charge in [0.1, 0.15) is 12.4 Å². The highest BCUT2D eigenvalue weighted by atomic mass is 32.1. The molecule has 0 radical (unpaired) electrons. The van der Waals surface area contributed by atoms with Crippen molar-refractivity contribution in [1.82, 2.24) is 9.80 Å². The van der Waals surface area contributed by atoms with Crippen molar-refractivity contribution in [2.45, 2.75) is 53.8 Å². The first-order valence-corrected chi connectivity index (χ1v) is 12.2. The van der Waals surface area contributed by atoms with Crippen LogP contribution in [-0.2, 0) is 17.9 Å². The molecule has 7 heteroatoms. The zero-order valence-corrected chi connectivity index (χ0v) is 21.2. The summed E-state index contributed by atoms with van der Waals surface area (Å²) >= 11 is 1.60. The lowest BCUT2D eigenvalue weighted by atomic mass is 10.1. The summed E-state index contributed by atoms with van der Waals surface area (Å²) in [6.07, 6.45) is 0. The lowest BCUT2D eigenvalue weighted by Gasteiger charge is -2.30. The quantitative estimate of drug-likeness (QED) is 0.411. The van der Waals surface area contributed by atoms with E-state index in [9.17, 15) is 14.0 Å². The molecule has 0 aliphatic heterocycles. The van der Waals surface area contributed by atoms with Gasteiger partial charge in [0.2, 0.25) is 5.91 Å². The number of carbonyl (C=O) groups excluding carboxylic acids is 2. The topological polar surface area (TPSA) is 52.7 Å². The van der Waals surface area contributed by atoms with Crippen molar-refractivity contribution in [3.8, 4) is 0 Å². The van der Waals surface area contributed by atoms with Crippen LogP contribution in [0.1, 0.15) is 41.0 Å². The Bertz CT molecular complexity index is 1140. The van der Waals surface area contributed by atoms with E-state index in [0.29, 0.717) is 18.8 Å². The van der Waals surface area contributed by atoms with Crippen molar-refractivity contribution in [2.24, 2.45) is 0 Å². The Morgan fingerprint density at radius 3 is 2.24 bits per heavy atom. The van der Waals surface area contributed by atoms with Gasteiger partial charge in [-0.2, -0.15) is 0 Å². The molecule has 180 valence electrons. The van der Waals surface area contributed by atoms with Gasteiger partial charge in [0.05, 0.1) is 6.54 Å². The number of thiophene rings is 1. The van der Waals surface area contributed by atoms with E-state index in [1.165, 1.54) is 17.0 Å². The maximum Gasteiger partial charge on any atom is 0.322 e. The fourth-order valence-electron chi connectivity index (χ4n) is 3.53. The van der Waals surface area contributed by atoms with Crippen LogP contribution in [0, 0.1) is 26.6 Å². The molecular weight excluding hydrogens is 449 g/mol. The second-order valence-electron chi connectivity index (χ2n) is 8.85. The minimum absolute atomic E-state index is 0.0556. The van der Waals surface area contributed by atoms with Gasteiger partial charge in [-0.1, -0.05) is 18.2 Å². The van der Waals surface area contributed by atoms with Crippen LogP contribution >= 0.6 is 11.3 Å². The summed E-state index contributed by atoms with van der Waals surface area (Å²) in [6.45, 7) is 10.5. The Balaban J connectivity index is 1.78. The molecule has 3 rings (SSSR count). The lowest BCUT2D eigenvalue weighted by Crippen LogP contribution is -2.47. The normalized spacial score (nSPS) is 10.9. The Kier molecular flexibility index (Phi) is 8.45. The number of anilines is 1. The lowest BCUT2D eigenvalue weighted by molar-refractivity contribution is -0.133. The Morgan fingerprint density at radius 2 is 1.65 bits per heavy atom. The van der Waals surface area contributed by atoms with Crippen molar-refractivity contribution in [2.75, 3.05) is 11.9 Å². The van der Waals surface area contributed by atoms with Gasteiger partial charge in [-0.15, -0.1) is 11.3 Å². The van der Waals surface area contributed by atoms with E-state index in [4.69, 9.17) is 0 Å². The SMILES string of the molecule is Cc1ccc(NC(=O)N(CC(=O)N(Cc2ccc(F)cc2)Cc2sccc2C)C(C)C)cc1C. The van der Waals surface area contributed by atoms with E-state index in [1.807, 2.05) is 64.3 Å². The summed E-state index contributed by atoms with van der Waals surface area (Å²) in [5.41, 5.74) is 4.88. The molecule has 0 fully saturated rings. The van der Waals surface area contributed by atoms with Crippen LogP contribution in [0.4, 0.5) is 14.9 Å². The smallest absolute Gasteiger partial charge is 0.322 e. The third-order valence-corrected chi connectivity index (χ3v) is 6.90. The van der Waals surface area contributed by atoms with E-state index in [-0.39, 0.29) is 30.3 Å². The van der Waals surface area contributed by atoms with E-state index in [2.05, 4.69) is 5.32 Å². The van der Waals surface area contributed by atoms with Gasteiger partial charge in [-0.25, -0.2) is 9.18 Å². The fourth-order valence-corrected chi connectivity index (χ4v) is 4.45. The zero-order valence-electron chi connectivity index (χ0n) is 20.4. The van der Waals surface area contributed by atoms with Gasteiger partial charge >= 0.3 is 6.03 Å². The molecule has 0 saturated heterocycles. The molecule has 1 aromatic heterocycles. The molecule has 2 aromatic carbocycles. The van der Waals surface area contributed by atoms with E-state index in [0.717, 1.165) is 27.1 Å². The highest BCUT2D eigenvalue weighted by Gasteiger charge is 2.24. The first-order chi connectivity index (χ1) is 16.1. The maximum absolute atomic E-state index is 13.5. The number of amides is 3. The second-order valence-corrected chi connectivity index (χ2v) is 9.85. The molecule has 34 heavy (non-hydrogen) atoms. The molecule has 1 N–H and O–H groups in total. The molecule has 0 aliphatic rings. The number of urea groups is 1. The van der Waals surface area contributed by atoms with E-state index in [1.54, 1.807) is 28.4 Å². The number of nitrogens with zero attached hydrogens (tertiary/aromatic N) is 2. The molecule has 1 heterocycles. The number of hydrogen-bond donors (Lipinski definition) is 1. The molecule has 0 aliphatic carbocycles. The summed E-state index contributed by atoms with van der Waals surface area (Å²) in [5, 5.41) is 4.93. The third-order valence-electron chi connectivity index (χ3n) is 5.89. The van der Waals surface area contributed by atoms with Gasteiger partial charge < -0.3 is 15.1 Å². The molecule has 0 bridgehead atoms. The average Bonchev–Trinajstić information content (AvgIpc) is 3.19. The number of benzene rings is 2. The van der Waals surface area contributed by atoms with Gasteiger partial charge in [0.25, 0.3) is 0 Å². The highest BCUT2D eigenvalue weighted by molar-refractivity contribution is 7.10. The molecule has 0 spiro atoms. The van der Waals surface area contributed by atoms with Crippen molar-refractivity contribution < 1.29 is 14.0 Å². The van der Waals surface area contributed by atoms with Gasteiger partial charge in [-0.05, 0) is 92.6 Å². The van der Waals surface area contributed by atoms with Gasteiger partial charge in [0, 0.05) is 23.2 Å². The van der Waals surface area contributed by atoms with Gasteiger partial charge in [-0.3, -0.25) is 4.79 Å². The largest absolute Gasteiger partial charge is 0.332 e. The number of hydrogen-bond acceptors (Lipinski definition) is 3. The molecule has 0 atom stereocenters. The maximum atomic E-state index is 13.5. The first kappa shape index (κ1) is 25.4. The minimum atomic E-state index is -0.319. The summed E-state index contributed by atoms with van der Waals surface area (Å²) in [5.74, 6) is -0.481. The molecule has 0 saturated carbocycles. The summed E-state index contributed by atoms with van der Waals surface area (Å²) < 4.78 is 13.4. The Labute approximate surface area is 205 Å². The molecule has 3 aromatic rings. The summed E-state index contributed by atoms with van der Waals surface area (Å²) in [4.78, 5) is 30.9. The monoisotopic (exact) mass is 481 g/mol. The zero-order chi connectivity index (χ0) is 24.8. The number of halogens is 1. The summed E-state index contributed by atoms with van der Waals surface area (Å²) in [6, 6.07) is 13.4. The van der Waals surface area contributed by atoms with Crippen molar-refractivity contribution in [1.29, 1.82) is 0 Å². The van der Waals surface area contributed by atoms with Crippen LogP contribution < -0.4 is 5.32 Å². The van der Waals surface area contributed by atoms with Crippen LogP contribution in [0.2, 0.25) is 0 Å². The van der Waals surface area contributed by atoms with Crippen LogP contribution in [0.15, 0.2) is 53.9 Å². The molecular formula is C27H32FN3O2S. The van der Waals surface area contributed by atoms with E-state index < -0.39 is 0 Å². The minimum Gasteiger partial charge on any atom is -0.332 e. The van der Waals surface area contributed by atoms with Crippen LogP contribution in [0.3, 0.4) is 0 Å². The molecule has 0 unspecified atom stereocenters. The summed E-state index contributed by atoms with van der Waals surface area (Å²) in [7, 11) is 0. The number of nitrogens with one attached hydrogen (secondary N) is 1. The van der Waals surface area contributed by atoms with Crippen LogP contribution in [0.5, 0.6) is 0 Å². The molecule has 5 nitrogen and oxygen atoms in total. The Morgan fingerprint density at radius 1 is 0.941 bits per heavy atom. The van der Waals surface area contributed by atoms with E-state index >= 15 is 0 Å². The molecule has 3 amide bonds. The van der Waals surface area contributed by atoms with Crippen molar-refractivity contribution in [3.63, 3.8) is 0 Å². The van der Waals surface area contributed by atoms with Crippen LogP contribution in [-0.4, -0.2) is 34.3 Å². The van der Waals surface area contributed by atoms with Crippen LogP contribution in [0.25, 0.3) is 0 Å². The average molecular weight is 482 g/mol. The second kappa shape index (κ2) is 11.3. The predicted molar refractivity (Wildman–Crippen MR) is 136 cm³/mol. The van der Waals surface area contributed by atoms with Crippen molar-refractivity contribution in [3.05, 3.63) is 86.9 Å². The number of carbonyl (C=O) groups is 2. The number of aryl methyl sites for hydroxylation is 3. The standard InChI is InChI=1S/C27H32FN3O2S/c1-18(2)31(27(33)29-24-11-6-19(3)21(5)14-24)17-26(32)30(16-25-20(4)12-13-34-25)15-22-7-9-23(28)10-8-22/h6-14,18H,15-17H2,1-5H3,(H,29,33). The fraction of sp³-hybridized carbons (Fsp3) is 0.333. The predicted octanol–water partition coefficient (Wildman–Crippen LogP) is 6.28. The third kappa shape index (κ3) is 6.67. The first-order valence-electron chi connectivity index (χ1n) is 11.3. The number of rotatable bonds is 8. The van der Waals surface area contributed by atoms with Crippen molar-refractivity contribution >= 4 is 29.0 Å². The Hall–Kier alpha value is -3.19. The highest BCUT2D eigenvalue weighted by Crippen LogP contribution is 2.21. The van der Waals surface area contributed by atoms with Gasteiger partial charge in [0.15, 0.2) is 0 Å².